The summed E-state index contributed by atoms with van der Waals surface area (Å²) in [5.74, 6) is 0.471. The van der Waals surface area contributed by atoms with Crippen molar-refractivity contribution in [2.45, 2.75) is 0 Å². The van der Waals surface area contributed by atoms with Crippen LogP contribution in [0.25, 0.3) is 21.9 Å². The molecule has 4 rings (SSSR count). The molecule has 0 saturated heterocycles. The topological polar surface area (TPSA) is 106 Å². The van der Waals surface area contributed by atoms with Gasteiger partial charge in [-0.3, -0.25) is 4.98 Å². The van der Waals surface area contributed by atoms with E-state index in [1.165, 1.54) is 0 Å². The van der Waals surface area contributed by atoms with Gasteiger partial charge in [0.25, 0.3) is 0 Å². The number of fused-ring (bicyclic) bond motifs is 2. The Labute approximate surface area is 120 Å². The molecule has 21 heavy (non-hydrogen) atoms. The molecule has 3 heterocycles. The largest absolute Gasteiger partial charge is 0.398 e. The third-order valence-corrected chi connectivity index (χ3v) is 3.05. The van der Waals surface area contributed by atoms with Gasteiger partial charge in [-0.25, -0.2) is 9.97 Å². The molecular weight excluding hydrogens is 264 g/mol. The number of hydrogen-bond acceptors (Lipinski definition) is 5. The van der Waals surface area contributed by atoms with Crippen LogP contribution in [0.1, 0.15) is 0 Å². The van der Waals surface area contributed by atoms with Gasteiger partial charge in [0.15, 0.2) is 5.82 Å². The maximum Gasteiger partial charge on any atom is 0.151 e. The molecule has 0 unspecified atom stereocenters. The quantitative estimate of drug-likeness (QED) is 0.457. The van der Waals surface area contributed by atoms with Gasteiger partial charge < -0.3 is 16.5 Å². The number of aromatic amines is 1. The molecule has 0 bridgehead atoms. The van der Waals surface area contributed by atoms with Crippen molar-refractivity contribution in [2.24, 2.45) is 0 Å². The summed E-state index contributed by atoms with van der Waals surface area (Å²) in [6.07, 6.45) is 4.97. The van der Waals surface area contributed by atoms with Crippen LogP contribution in [0.2, 0.25) is 0 Å². The molecule has 4 aromatic rings. The number of nitrogen functional groups attached to an aromatic ring is 2. The van der Waals surface area contributed by atoms with Gasteiger partial charge in [-0.2, -0.15) is 0 Å². The Kier molecular flexibility index (Phi) is 3.34. The minimum absolute atomic E-state index is 0.471. The van der Waals surface area contributed by atoms with Crippen molar-refractivity contribution < 1.29 is 0 Å². The van der Waals surface area contributed by atoms with Crippen molar-refractivity contribution in [3.63, 3.8) is 0 Å². The van der Waals surface area contributed by atoms with Crippen LogP contribution in [-0.2, 0) is 0 Å². The summed E-state index contributed by atoms with van der Waals surface area (Å²) in [6.45, 7) is 0. The third-order valence-electron chi connectivity index (χ3n) is 3.05. The van der Waals surface area contributed by atoms with Crippen LogP contribution in [-0.4, -0.2) is 19.9 Å². The average molecular weight is 278 g/mol. The molecule has 0 amide bonds. The molecule has 0 saturated carbocycles. The van der Waals surface area contributed by atoms with Crippen molar-refractivity contribution in [3.8, 4) is 0 Å². The first-order chi connectivity index (χ1) is 10.3. The Morgan fingerprint density at radius 1 is 0.857 bits per heavy atom. The van der Waals surface area contributed by atoms with Gasteiger partial charge in [0.2, 0.25) is 0 Å². The summed E-state index contributed by atoms with van der Waals surface area (Å²) in [6, 6.07) is 11.5. The highest BCUT2D eigenvalue weighted by atomic mass is 14.9. The van der Waals surface area contributed by atoms with E-state index in [9.17, 15) is 0 Å². The lowest BCUT2D eigenvalue weighted by molar-refractivity contribution is 1.33. The number of anilines is 2. The van der Waals surface area contributed by atoms with E-state index in [-0.39, 0.29) is 0 Å². The molecule has 0 aliphatic heterocycles. The van der Waals surface area contributed by atoms with Crippen LogP contribution < -0.4 is 11.5 Å². The predicted molar refractivity (Wildman–Crippen MR) is 84.5 cm³/mol. The van der Waals surface area contributed by atoms with Gasteiger partial charge in [0.1, 0.15) is 5.52 Å². The van der Waals surface area contributed by atoms with Crippen molar-refractivity contribution >= 4 is 33.4 Å². The summed E-state index contributed by atoms with van der Waals surface area (Å²) in [5, 5.41) is 1.02. The van der Waals surface area contributed by atoms with Gasteiger partial charge in [-0.1, -0.05) is 18.2 Å². The van der Waals surface area contributed by atoms with Crippen LogP contribution in [0.4, 0.5) is 11.5 Å². The van der Waals surface area contributed by atoms with Crippen LogP contribution in [0.5, 0.6) is 0 Å². The standard InChI is InChI=1S/C9H8N2.C6H6N4/c10-8-5-6-11-9-4-2-1-3-7(8)9;7-6-5-4(1-2-8-6)9-3-10-5/h1-6H,(H2,10,11);1-3H,(H2,7,8)(H,9,10). The molecule has 6 nitrogen and oxygen atoms in total. The number of benzene rings is 1. The molecule has 3 aromatic heterocycles. The molecule has 0 aliphatic rings. The predicted octanol–water partition coefficient (Wildman–Crippen LogP) is 2.36. The molecule has 104 valence electrons. The number of hydrogen-bond donors (Lipinski definition) is 3. The normalized spacial score (nSPS) is 10.3. The first-order valence-corrected chi connectivity index (χ1v) is 6.38. The first-order valence-electron chi connectivity index (χ1n) is 6.38. The molecule has 0 atom stereocenters. The number of para-hydroxylation sites is 1. The van der Waals surface area contributed by atoms with Crippen molar-refractivity contribution in [2.75, 3.05) is 11.5 Å². The molecule has 0 spiro atoms. The monoisotopic (exact) mass is 278 g/mol. The van der Waals surface area contributed by atoms with Gasteiger partial charge in [0, 0.05) is 23.5 Å². The first kappa shape index (κ1) is 12.9. The molecule has 0 aliphatic carbocycles. The minimum atomic E-state index is 0.471. The summed E-state index contributed by atoms with van der Waals surface area (Å²) in [7, 11) is 0. The fourth-order valence-corrected chi connectivity index (χ4v) is 2.01. The van der Waals surface area contributed by atoms with E-state index in [0.29, 0.717) is 5.82 Å². The zero-order valence-corrected chi connectivity index (χ0v) is 11.2. The van der Waals surface area contributed by atoms with Crippen LogP contribution >= 0.6 is 0 Å². The van der Waals surface area contributed by atoms with E-state index >= 15 is 0 Å². The zero-order chi connectivity index (χ0) is 14.7. The smallest absolute Gasteiger partial charge is 0.151 e. The fourth-order valence-electron chi connectivity index (χ4n) is 2.01. The van der Waals surface area contributed by atoms with Crippen LogP contribution in [0.15, 0.2) is 55.1 Å². The molecule has 6 heteroatoms. The summed E-state index contributed by atoms with van der Waals surface area (Å²) < 4.78 is 0. The number of pyridine rings is 2. The van der Waals surface area contributed by atoms with E-state index < -0.39 is 0 Å². The molecule has 1 aromatic carbocycles. The Hall–Kier alpha value is -3.15. The Morgan fingerprint density at radius 2 is 1.67 bits per heavy atom. The lowest BCUT2D eigenvalue weighted by Crippen LogP contribution is -1.89. The second kappa shape index (κ2) is 5.46. The molecule has 0 fully saturated rings. The molecule has 5 N–H and O–H groups in total. The maximum absolute atomic E-state index is 5.72. The summed E-state index contributed by atoms with van der Waals surface area (Å²) in [5.41, 5.74) is 14.6. The number of nitrogens with two attached hydrogens (primary N) is 2. The SMILES string of the molecule is Nc1ccnc2ccccc12.Nc1nccc2[nH]cnc12. The summed E-state index contributed by atoms with van der Waals surface area (Å²) >= 11 is 0. The van der Waals surface area contributed by atoms with Crippen LogP contribution in [0, 0.1) is 0 Å². The second-order valence-corrected chi connectivity index (χ2v) is 4.41. The van der Waals surface area contributed by atoms with E-state index in [2.05, 4.69) is 19.9 Å². The van der Waals surface area contributed by atoms with E-state index in [1.54, 1.807) is 18.7 Å². The van der Waals surface area contributed by atoms with Crippen molar-refractivity contribution in [1.82, 2.24) is 19.9 Å². The fraction of sp³-hybridized carbons (Fsp3) is 0. The summed E-state index contributed by atoms with van der Waals surface area (Å²) in [4.78, 5) is 14.9. The lowest BCUT2D eigenvalue weighted by atomic mass is 10.2. The highest BCUT2D eigenvalue weighted by Gasteiger charge is 1.97. The maximum atomic E-state index is 5.72. The molecular formula is C15H14N6. The van der Waals surface area contributed by atoms with Gasteiger partial charge in [-0.05, 0) is 18.2 Å². The zero-order valence-electron chi connectivity index (χ0n) is 11.2. The van der Waals surface area contributed by atoms with E-state index in [1.807, 2.05) is 36.4 Å². The van der Waals surface area contributed by atoms with E-state index in [0.717, 1.165) is 27.6 Å². The number of nitrogens with zero attached hydrogens (tertiary/aromatic N) is 3. The van der Waals surface area contributed by atoms with Gasteiger partial charge >= 0.3 is 0 Å². The Bertz CT molecular complexity index is 878. The van der Waals surface area contributed by atoms with Crippen LogP contribution in [0.3, 0.4) is 0 Å². The number of nitrogens with one attached hydrogen (secondary N) is 1. The second-order valence-electron chi connectivity index (χ2n) is 4.41. The lowest BCUT2D eigenvalue weighted by Gasteiger charge is -1.97. The third kappa shape index (κ3) is 2.59. The number of imidazole rings is 1. The van der Waals surface area contributed by atoms with Crippen molar-refractivity contribution in [3.05, 3.63) is 55.1 Å². The number of rotatable bonds is 0. The number of H-pyrrole nitrogens is 1. The highest BCUT2D eigenvalue weighted by molar-refractivity contribution is 5.89. The van der Waals surface area contributed by atoms with Crippen molar-refractivity contribution in [1.29, 1.82) is 0 Å². The Balaban J connectivity index is 0.000000126. The number of aromatic nitrogens is 4. The average Bonchev–Trinajstić information content (AvgIpc) is 2.99. The Morgan fingerprint density at radius 3 is 2.48 bits per heavy atom. The minimum Gasteiger partial charge on any atom is -0.398 e. The molecule has 0 radical (unpaired) electrons. The van der Waals surface area contributed by atoms with Gasteiger partial charge in [0.05, 0.1) is 17.4 Å². The van der Waals surface area contributed by atoms with Gasteiger partial charge in [-0.15, -0.1) is 0 Å². The van der Waals surface area contributed by atoms with E-state index in [4.69, 9.17) is 11.5 Å². The highest BCUT2D eigenvalue weighted by Crippen LogP contribution is 2.16.